The van der Waals surface area contributed by atoms with Gasteiger partial charge in [-0.3, -0.25) is 4.79 Å². The second-order valence-electron chi connectivity index (χ2n) is 6.39. The van der Waals surface area contributed by atoms with E-state index in [1.54, 1.807) is 31.3 Å². The Kier molecular flexibility index (Phi) is 7.55. The van der Waals surface area contributed by atoms with Crippen LogP contribution in [0.25, 0.3) is 0 Å². The molecular weight excluding hydrogens is 402 g/mol. The number of hydrogen-bond acceptors (Lipinski definition) is 6. The van der Waals surface area contributed by atoms with Gasteiger partial charge >= 0.3 is 0 Å². The number of rotatable bonds is 8. The zero-order chi connectivity index (χ0) is 20.6. The van der Waals surface area contributed by atoms with Gasteiger partial charge in [-0.1, -0.05) is 53.9 Å². The summed E-state index contributed by atoms with van der Waals surface area (Å²) in [5, 5.41) is 4.59. The first-order valence-corrected chi connectivity index (χ1v) is 11.0. The van der Waals surface area contributed by atoms with Crippen molar-refractivity contribution >= 4 is 29.4 Å². The normalized spacial score (nSPS) is 11.7. The molecule has 150 valence electrons. The average Bonchev–Trinajstić information content (AvgIpc) is 2.74. The second kappa shape index (κ2) is 10.3. The van der Waals surface area contributed by atoms with E-state index in [1.807, 2.05) is 43.3 Å². The number of hydrogen-bond donors (Lipinski definition) is 1. The summed E-state index contributed by atoms with van der Waals surface area (Å²) in [6.07, 6.45) is 3.33. The molecule has 0 saturated carbocycles. The molecule has 7 heteroatoms. The van der Waals surface area contributed by atoms with Crippen LogP contribution in [0.2, 0.25) is 0 Å². The average molecular weight is 426 g/mol. The maximum Gasteiger partial charge on any atom is 0.230 e. The van der Waals surface area contributed by atoms with Gasteiger partial charge in [-0.15, -0.1) is 0 Å². The molecule has 3 aromatic rings. The Balaban J connectivity index is 1.61. The van der Waals surface area contributed by atoms with E-state index in [2.05, 4.69) is 34.3 Å². The maximum absolute atomic E-state index is 12.5. The third kappa shape index (κ3) is 5.98. The summed E-state index contributed by atoms with van der Waals surface area (Å²) in [7, 11) is 1.63. The minimum Gasteiger partial charge on any atom is -0.497 e. The summed E-state index contributed by atoms with van der Waals surface area (Å²) in [6.45, 7) is 4.03. The third-order valence-corrected chi connectivity index (χ3v) is 6.52. The van der Waals surface area contributed by atoms with E-state index in [0.29, 0.717) is 0 Å². The molecule has 1 atom stereocenters. The SMILES string of the molecule is COc1cccc([C@@H](C)NC(=O)CSc2nccnc2Sc2ccccc2C)c1. The van der Waals surface area contributed by atoms with Crippen molar-refractivity contribution in [3.05, 3.63) is 72.1 Å². The number of nitrogens with one attached hydrogen (secondary N) is 1. The molecule has 0 aliphatic carbocycles. The summed E-state index contributed by atoms with van der Waals surface area (Å²) in [4.78, 5) is 22.5. The third-order valence-electron chi connectivity index (χ3n) is 4.24. The monoisotopic (exact) mass is 425 g/mol. The van der Waals surface area contributed by atoms with Gasteiger partial charge in [0.25, 0.3) is 0 Å². The molecule has 0 saturated heterocycles. The van der Waals surface area contributed by atoms with Crippen molar-refractivity contribution in [2.75, 3.05) is 12.9 Å². The van der Waals surface area contributed by atoms with E-state index in [9.17, 15) is 4.79 Å². The van der Waals surface area contributed by atoms with Crippen molar-refractivity contribution in [2.45, 2.75) is 34.8 Å². The number of ether oxygens (including phenoxy) is 1. The van der Waals surface area contributed by atoms with Crippen LogP contribution in [0.15, 0.2) is 75.9 Å². The molecular formula is C22H23N3O2S2. The van der Waals surface area contributed by atoms with Gasteiger partial charge in [0.2, 0.25) is 5.91 Å². The smallest absolute Gasteiger partial charge is 0.230 e. The summed E-state index contributed by atoms with van der Waals surface area (Å²) in [5.41, 5.74) is 2.18. The van der Waals surface area contributed by atoms with Crippen LogP contribution in [-0.2, 0) is 4.79 Å². The van der Waals surface area contributed by atoms with E-state index < -0.39 is 0 Å². The zero-order valence-electron chi connectivity index (χ0n) is 16.6. The topological polar surface area (TPSA) is 64.1 Å². The van der Waals surface area contributed by atoms with Crippen LogP contribution >= 0.6 is 23.5 Å². The highest BCUT2D eigenvalue weighted by atomic mass is 32.2. The minimum absolute atomic E-state index is 0.0529. The fourth-order valence-electron chi connectivity index (χ4n) is 2.67. The molecule has 1 aromatic heterocycles. The summed E-state index contributed by atoms with van der Waals surface area (Å²) in [6, 6.07) is 15.7. The van der Waals surface area contributed by atoms with E-state index in [0.717, 1.165) is 26.3 Å². The molecule has 0 radical (unpaired) electrons. The number of methoxy groups -OCH3 is 1. The molecule has 1 amide bonds. The van der Waals surface area contributed by atoms with Crippen LogP contribution in [0.3, 0.4) is 0 Å². The minimum atomic E-state index is -0.110. The van der Waals surface area contributed by atoms with E-state index in [4.69, 9.17) is 4.74 Å². The van der Waals surface area contributed by atoms with E-state index in [-0.39, 0.29) is 17.7 Å². The molecule has 0 spiro atoms. The molecule has 0 aliphatic rings. The number of amides is 1. The molecule has 29 heavy (non-hydrogen) atoms. The van der Waals surface area contributed by atoms with Crippen molar-refractivity contribution in [1.29, 1.82) is 0 Å². The number of aryl methyl sites for hydroxylation is 1. The molecule has 2 aromatic carbocycles. The Labute approximate surface area is 179 Å². The molecule has 0 fully saturated rings. The molecule has 3 rings (SSSR count). The van der Waals surface area contributed by atoms with Gasteiger partial charge in [0.1, 0.15) is 15.8 Å². The fraction of sp³-hybridized carbons (Fsp3) is 0.227. The van der Waals surface area contributed by atoms with Gasteiger partial charge in [0, 0.05) is 17.3 Å². The van der Waals surface area contributed by atoms with Crippen molar-refractivity contribution < 1.29 is 9.53 Å². The Morgan fingerprint density at radius 3 is 2.62 bits per heavy atom. The Hall–Kier alpha value is -2.51. The number of thioether (sulfide) groups is 1. The first kappa shape index (κ1) is 21.2. The Morgan fingerprint density at radius 2 is 1.86 bits per heavy atom. The summed E-state index contributed by atoms with van der Waals surface area (Å²) >= 11 is 2.96. The highest BCUT2D eigenvalue weighted by molar-refractivity contribution is 8.02. The van der Waals surface area contributed by atoms with Crippen molar-refractivity contribution in [1.82, 2.24) is 15.3 Å². The van der Waals surface area contributed by atoms with Crippen LogP contribution in [0.4, 0.5) is 0 Å². The van der Waals surface area contributed by atoms with Gasteiger partial charge in [0.15, 0.2) is 0 Å². The van der Waals surface area contributed by atoms with Crippen LogP contribution in [0, 0.1) is 6.92 Å². The fourth-order valence-corrected chi connectivity index (χ4v) is 4.47. The van der Waals surface area contributed by atoms with Gasteiger partial charge < -0.3 is 10.1 Å². The molecule has 1 N–H and O–H groups in total. The van der Waals surface area contributed by atoms with Gasteiger partial charge in [-0.2, -0.15) is 0 Å². The maximum atomic E-state index is 12.5. The van der Waals surface area contributed by atoms with Crippen LogP contribution in [-0.4, -0.2) is 28.7 Å². The molecule has 0 bridgehead atoms. The number of nitrogens with zero attached hydrogens (tertiary/aromatic N) is 2. The van der Waals surface area contributed by atoms with Gasteiger partial charge in [0.05, 0.1) is 18.9 Å². The second-order valence-corrected chi connectivity index (χ2v) is 8.38. The predicted octanol–water partition coefficient (Wildman–Crippen LogP) is 4.91. The summed E-state index contributed by atoms with van der Waals surface area (Å²) in [5.74, 6) is 0.993. The highest BCUT2D eigenvalue weighted by Crippen LogP contribution is 2.34. The number of benzene rings is 2. The predicted molar refractivity (Wildman–Crippen MR) is 118 cm³/mol. The van der Waals surface area contributed by atoms with E-state index >= 15 is 0 Å². The Bertz CT molecular complexity index is 982. The standard InChI is InChI=1S/C22H23N3O2S2/c1-15-7-4-5-10-19(15)29-22-21(23-11-12-24-22)28-14-20(26)25-16(2)17-8-6-9-18(13-17)27-3/h4-13,16H,14H2,1-3H3,(H,25,26)/t16-/m1/s1. The lowest BCUT2D eigenvalue weighted by Gasteiger charge is -2.15. The lowest BCUT2D eigenvalue weighted by molar-refractivity contribution is -0.119. The quantitative estimate of drug-likeness (QED) is 0.517. The lowest BCUT2D eigenvalue weighted by Crippen LogP contribution is -2.28. The van der Waals surface area contributed by atoms with Gasteiger partial charge in [-0.05, 0) is 43.2 Å². The lowest BCUT2D eigenvalue weighted by atomic mass is 10.1. The number of carbonyl (C=O) groups is 1. The van der Waals surface area contributed by atoms with Crippen molar-refractivity contribution in [3.8, 4) is 5.75 Å². The first-order chi connectivity index (χ1) is 14.1. The summed E-state index contributed by atoms with van der Waals surface area (Å²) < 4.78 is 5.25. The molecule has 5 nitrogen and oxygen atoms in total. The number of carbonyl (C=O) groups excluding carboxylic acids is 1. The first-order valence-electron chi connectivity index (χ1n) is 9.17. The highest BCUT2D eigenvalue weighted by Gasteiger charge is 2.14. The van der Waals surface area contributed by atoms with E-state index in [1.165, 1.54) is 17.3 Å². The van der Waals surface area contributed by atoms with Crippen LogP contribution < -0.4 is 10.1 Å². The largest absolute Gasteiger partial charge is 0.497 e. The van der Waals surface area contributed by atoms with Crippen LogP contribution in [0.5, 0.6) is 5.75 Å². The van der Waals surface area contributed by atoms with Crippen molar-refractivity contribution in [3.63, 3.8) is 0 Å². The zero-order valence-corrected chi connectivity index (χ0v) is 18.2. The number of aromatic nitrogens is 2. The molecule has 0 aliphatic heterocycles. The van der Waals surface area contributed by atoms with Crippen molar-refractivity contribution in [2.24, 2.45) is 0 Å². The molecule has 1 heterocycles. The van der Waals surface area contributed by atoms with Gasteiger partial charge in [-0.25, -0.2) is 9.97 Å². The van der Waals surface area contributed by atoms with Crippen LogP contribution in [0.1, 0.15) is 24.1 Å². The molecule has 0 unspecified atom stereocenters. The Morgan fingerprint density at radius 1 is 1.10 bits per heavy atom.